The molecule has 2 aromatic carbocycles. The molecule has 0 radical (unpaired) electrons. The number of piperazine rings is 1. The first-order valence-corrected chi connectivity index (χ1v) is 10.0. The van der Waals surface area contributed by atoms with Crippen LogP contribution >= 0.6 is 0 Å². The number of amides is 2. The fourth-order valence-electron chi connectivity index (χ4n) is 3.60. The summed E-state index contributed by atoms with van der Waals surface area (Å²) in [5.74, 6) is -0.116. The van der Waals surface area contributed by atoms with Gasteiger partial charge >= 0.3 is 0 Å². The Bertz CT molecular complexity index is 837. The highest BCUT2D eigenvalue weighted by atomic mass is 16.2. The van der Waals surface area contributed by atoms with Gasteiger partial charge in [-0.2, -0.15) is 0 Å². The van der Waals surface area contributed by atoms with Gasteiger partial charge in [0.15, 0.2) is 0 Å². The summed E-state index contributed by atoms with van der Waals surface area (Å²) in [5.41, 5.74) is 4.23. The first-order valence-electron chi connectivity index (χ1n) is 10.0. The van der Waals surface area contributed by atoms with Crippen LogP contribution in [0.25, 0.3) is 0 Å². The number of carbonyl (C=O) groups is 2. The van der Waals surface area contributed by atoms with E-state index in [1.165, 1.54) is 0 Å². The van der Waals surface area contributed by atoms with E-state index in [2.05, 4.69) is 24.1 Å². The molecule has 2 amide bonds. The Morgan fingerprint density at radius 3 is 2.18 bits per heavy atom. The topological polar surface area (TPSA) is 52.7 Å². The van der Waals surface area contributed by atoms with Crippen molar-refractivity contribution in [3.63, 3.8) is 0 Å². The third-order valence-electron chi connectivity index (χ3n) is 5.48. The second-order valence-electron chi connectivity index (χ2n) is 7.22. The van der Waals surface area contributed by atoms with E-state index in [-0.39, 0.29) is 11.8 Å². The highest BCUT2D eigenvalue weighted by molar-refractivity contribution is 6.05. The third kappa shape index (κ3) is 4.42. The molecule has 5 nitrogen and oxygen atoms in total. The fourth-order valence-corrected chi connectivity index (χ4v) is 3.60. The Kier molecular flexibility index (Phi) is 6.47. The zero-order valence-electron chi connectivity index (χ0n) is 17.0. The van der Waals surface area contributed by atoms with E-state index < -0.39 is 0 Å². The van der Waals surface area contributed by atoms with Gasteiger partial charge in [0.05, 0.1) is 0 Å². The van der Waals surface area contributed by atoms with Crippen LogP contribution in [0.3, 0.4) is 0 Å². The molecule has 0 unspecified atom stereocenters. The van der Waals surface area contributed by atoms with Gasteiger partial charge in [-0.25, -0.2) is 0 Å². The van der Waals surface area contributed by atoms with Crippen molar-refractivity contribution in [2.75, 3.05) is 38.0 Å². The summed E-state index contributed by atoms with van der Waals surface area (Å²) in [5, 5.41) is 3.03. The summed E-state index contributed by atoms with van der Waals surface area (Å²) in [4.78, 5) is 29.6. The van der Waals surface area contributed by atoms with Crippen LogP contribution < -0.4 is 5.32 Å². The number of carbonyl (C=O) groups excluding carboxylic acids is 2. The number of para-hydroxylation sites is 1. The molecule has 0 atom stereocenters. The van der Waals surface area contributed by atoms with E-state index >= 15 is 0 Å². The fraction of sp³-hybridized carbons (Fsp3) is 0.391. The Hall–Kier alpha value is -2.66. The van der Waals surface area contributed by atoms with Gasteiger partial charge in [0.25, 0.3) is 11.8 Å². The number of benzene rings is 2. The Morgan fingerprint density at radius 2 is 1.57 bits per heavy atom. The zero-order chi connectivity index (χ0) is 20.1. The van der Waals surface area contributed by atoms with E-state index in [0.29, 0.717) is 11.1 Å². The standard InChI is InChI=1S/C23H29N3O2/c1-4-18-8-6-7-17(3)21(18)24-22(27)19-9-11-20(12-10-19)23(28)26-15-13-25(5-2)14-16-26/h6-12H,4-5,13-16H2,1-3H3,(H,24,27). The molecule has 0 aromatic heterocycles. The molecule has 1 aliphatic rings. The van der Waals surface area contributed by atoms with Gasteiger partial charge in [0.2, 0.25) is 0 Å². The lowest BCUT2D eigenvalue weighted by Crippen LogP contribution is -2.48. The Morgan fingerprint density at radius 1 is 0.929 bits per heavy atom. The summed E-state index contributed by atoms with van der Waals surface area (Å²) >= 11 is 0. The lowest BCUT2D eigenvalue weighted by molar-refractivity contribution is 0.0643. The molecule has 0 saturated carbocycles. The van der Waals surface area contributed by atoms with Gasteiger partial charge in [-0.3, -0.25) is 9.59 Å². The second-order valence-corrected chi connectivity index (χ2v) is 7.22. The number of nitrogens with one attached hydrogen (secondary N) is 1. The Labute approximate surface area is 167 Å². The lowest BCUT2D eigenvalue weighted by Gasteiger charge is -2.34. The molecule has 0 spiro atoms. The maximum Gasteiger partial charge on any atom is 0.255 e. The minimum Gasteiger partial charge on any atom is -0.336 e. The van der Waals surface area contributed by atoms with Crippen LogP contribution in [0, 0.1) is 6.92 Å². The molecule has 148 valence electrons. The summed E-state index contributed by atoms with van der Waals surface area (Å²) in [6.45, 7) is 10.6. The highest BCUT2D eigenvalue weighted by Gasteiger charge is 2.21. The highest BCUT2D eigenvalue weighted by Crippen LogP contribution is 2.22. The number of likely N-dealkylation sites (N-methyl/N-ethyl adjacent to an activating group) is 1. The molecule has 1 heterocycles. The normalized spacial score (nSPS) is 14.8. The van der Waals surface area contributed by atoms with E-state index in [1.807, 2.05) is 30.0 Å². The van der Waals surface area contributed by atoms with Crippen molar-refractivity contribution < 1.29 is 9.59 Å². The number of aryl methyl sites for hydroxylation is 2. The molecule has 1 saturated heterocycles. The van der Waals surface area contributed by atoms with Crippen molar-refractivity contribution in [1.29, 1.82) is 0 Å². The van der Waals surface area contributed by atoms with Crippen molar-refractivity contribution in [3.05, 3.63) is 64.7 Å². The van der Waals surface area contributed by atoms with Crippen LogP contribution in [-0.4, -0.2) is 54.3 Å². The van der Waals surface area contributed by atoms with Crippen molar-refractivity contribution in [3.8, 4) is 0 Å². The molecule has 0 bridgehead atoms. The van der Waals surface area contributed by atoms with Crippen LogP contribution in [0.2, 0.25) is 0 Å². The number of rotatable bonds is 5. The van der Waals surface area contributed by atoms with Crippen molar-refractivity contribution in [2.45, 2.75) is 27.2 Å². The number of hydrogen-bond donors (Lipinski definition) is 1. The van der Waals surface area contributed by atoms with Crippen molar-refractivity contribution in [2.24, 2.45) is 0 Å². The summed E-state index contributed by atoms with van der Waals surface area (Å²) in [7, 11) is 0. The molecular weight excluding hydrogens is 350 g/mol. The first-order chi connectivity index (χ1) is 13.5. The van der Waals surface area contributed by atoms with E-state index in [0.717, 1.165) is 56.0 Å². The molecule has 2 aromatic rings. The smallest absolute Gasteiger partial charge is 0.255 e. The molecular formula is C23H29N3O2. The molecule has 0 aliphatic carbocycles. The summed E-state index contributed by atoms with van der Waals surface area (Å²) in [6.07, 6.45) is 0.857. The van der Waals surface area contributed by atoms with Crippen LogP contribution in [0.15, 0.2) is 42.5 Å². The molecule has 1 N–H and O–H groups in total. The SMILES string of the molecule is CCc1cccc(C)c1NC(=O)c1ccc(C(=O)N2CCN(CC)CC2)cc1. The van der Waals surface area contributed by atoms with Crippen LogP contribution in [0.4, 0.5) is 5.69 Å². The van der Waals surface area contributed by atoms with E-state index in [1.54, 1.807) is 24.3 Å². The maximum absolute atomic E-state index is 12.7. The third-order valence-corrected chi connectivity index (χ3v) is 5.48. The van der Waals surface area contributed by atoms with Crippen LogP contribution in [-0.2, 0) is 6.42 Å². The summed E-state index contributed by atoms with van der Waals surface area (Å²) < 4.78 is 0. The minimum atomic E-state index is -0.153. The average molecular weight is 380 g/mol. The number of nitrogens with zero attached hydrogens (tertiary/aromatic N) is 2. The second kappa shape index (κ2) is 9.02. The average Bonchev–Trinajstić information content (AvgIpc) is 2.74. The van der Waals surface area contributed by atoms with Gasteiger partial charge in [0, 0.05) is 43.0 Å². The number of anilines is 1. The van der Waals surface area contributed by atoms with Gasteiger partial charge in [-0.05, 0) is 55.3 Å². The lowest BCUT2D eigenvalue weighted by atomic mass is 10.0. The molecule has 1 aliphatic heterocycles. The van der Waals surface area contributed by atoms with Gasteiger partial charge in [0.1, 0.15) is 0 Å². The van der Waals surface area contributed by atoms with Crippen molar-refractivity contribution >= 4 is 17.5 Å². The van der Waals surface area contributed by atoms with E-state index in [9.17, 15) is 9.59 Å². The molecule has 28 heavy (non-hydrogen) atoms. The monoisotopic (exact) mass is 379 g/mol. The predicted octanol–water partition coefficient (Wildman–Crippen LogP) is 3.59. The van der Waals surface area contributed by atoms with Crippen LogP contribution in [0.1, 0.15) is 45.7 Å². The predicted molar refractivity (Wildman–Crippen MR) is 113 cm³/mol. The van der Waals surface area contributed by atoms with Gasteiger partial charge in [-0.15, -0.1) is 0 Å². The maximum atomic E-state index is 12.7. The zero-order valence-corrected chi connectivity index (χ0v) is 17.0. The quantitative estimate of drug-likeness (QED) is 0.864. The molecule has 5 heteroatoms. The largest absolute Gasteiger partial charge is 0.336 e. The summed E-state index contributed by atoms with van der Waals surface area (Å²) in [6, 6.07) is 13.0. The first kappa shape index (κ1) is 20.1. The molecule has 1 fully saturated rings. The van der Waals surface area contributed by atoms with Gasteiger partial charge in [-0.1, -0.05) is 32.0 Å². The van der Waals surface area contributed by atoms with E-state index in [4.69, 9.17) is 0 Å². The Balaban J connectivity index is 1.67. The van der Waals surface area contributed by atoms with Crippen molar-refractivity contribution in [1.82, 2.24) is 9.80 Å². The molecule has 3 rings (SSSR count). The number of hydrogen-bond acceptors (Lipinski definition) is 3. The minimum absolute atomic E-state index is 0.0369. The van der Waals surface area contributed by atoms with Crippen LogP contribution in [0.5, 0.6) is 0 Å². The van der Waals surface area contributed by atoms with Gasteiger partial charge < -0.3 is 15.1 Å².